The molecular weight excluding hydrogens is 381 g/mol. The normalized spacial score (nSPS) is 14.0. The van der Waals surface area contributed by atoms with Crippen molar-refractivity contribution in [2.75, 3.05) is 13.6 Å². The second-order valence-electron chi connectivity index (χ2n) is 5.74. The lowest BCUT2D eigenvalue weighted by Gasteiger charge is -2.19. The average molecular weight is 404 g/mol. The highest BCUT2D eigenvalue weighted by Gasteiger charge is 2.17. The average Bonchev–Trinajstić information content (AvgIpc) is 2.78. The van der Waals surface area contributed by atoms with Crippen molar-refractivity contribution in [3.8, 4) is 0 Å². The summed E-state index contributed by atoms with van der Waals surface area (Å²) in [6, 6.07) is 15.1. The molecule has 27 heavy (non-hydrogen) atoms. The van der Waals surface area contributed by atoms with Crippen molar-refractivity contribution in [3.63, 3.8) is 0 Å². The fraction of sp³-hybridized carbons (Fsp3) is 0.143. The molecule has 0 unspecified atom stereocenters. The van der Waals surface area contributed by atoms with Crippen molar-refractivity contribution < 1.29 is 5.21 Å². The van der Waals surface area contributed by atoms with E-state index < -0.39 is 0 Å². The highest BCUT2D eigenvalue weighted by atomic mass is 35.5. The van der Waals surface area contributed by atoms with E-state index in [-0.39, 0.29) is 19.0 Å². The summed E-state index contributed by atoms with van der Waals surface area (Å²) in [5, 5.41) is 13.8. The van der Waals surface area contributed by atoms with Crippen molar-refractivity contribution >= 4 is 35.5 Å². The van der Waals surface area contributed by atoms with E-state index in [2.05, 4.69) is 23.1 Å². The number of allylic oxidation sites excluding steroid dienone is 2. The van der Waals surface area contributed by atoms with Gasteiger partial charge in [0.25, 0.3) is 0 Å². The summed E-state index contributed by atoms with van der Waals surface area (Å²) >= 11 is 6.12. The van der Waals surface area contributed by atoms with E-state index in [1.165, 1.54) is 5.06 Å². The lowest BCUT2D eigenvalue weighted by atomic mass is 10.1. The van der Waals surface area contributed by atoms with Gasteiger partial charge in [0.2, 0.25) is 0 Å². The van der Waals surface area contributed by atoms with Gasteiger partial charge in [-0.25, -0.2) is 10.1 Å². The van der Waals surface area contributed by atoms with Gasteiger partial charge < -0.3 is 0 Å². The van der Waals surface area contributed by atoms with Gasteiger partial charge in [0.05, 0.1) is 11.1 Å². The summed E-state index contributed by atoms with van der Waals surface area (Å²) in [5.41, 5.74) is 2.59. The van der Waals surface area contributed by atoms with Crippen LogP contribution in [0.25, 0.3) is 5.70 Å². The first-order chi connectivity index (χ1) is 12.5. The lowest BCUT2D eigenvalue weighted by Crippen LogP contribution is -2.31. The Morgan fingerprint density at radius 3 is 2.44 bits per heavy atom. The first-order valence-electron chi connectivity index (χ1n) is 8.10. The van der Waals surface area contributed by atoms with E-state index in [1.807, 2.05) is 49.4 Å². The van der Waals surface area contributed by atoms with E-state index in [4.69, 9.17) is 11.6 Å². The predicted octanol–water partition coefficient (Wildman–Crippen LogP) is 4.02. The first kappa shape index (κ1) is 22.6. The summed E-state index contributed by atoms with van der Waals surface area (Å²) in [5.74, 6) is 0.562. The standard InChI is InChI=1S/C16H14ClN3O.C5H8.ClH/c1-18-15-10-20(21)16(11-5-3-2-4-6-11)13-9-12(17)7-8-14(13)19-15;1-4-5(2)3;/h2-9,21H,10H2,1H3;4H,1-2H2,3H3;1H. The molecule has 0 aromatic heterocycles. The molecule has 0 bridgehead atoms. The predicted molar refractivity (Wildman–Crippen MR) is 115 cm³/mol. The maximum absolute atomic E-state index is 10.5. The van der Waals surface area contributed by atoms with Crippen molar-refractivity contribution in [2.24, 2.45) is 9.98 Å². The molecule has 0 aliphatic carbocycles. The Bertz CT molecular complexity index is 953. The maximum Gasteiger partial charge on any atom is 0.145 e. The molecule has 142 valence electrons. The molecule has 0 saturated heterocycles. The third kappa shape index (κ3) is 6.07. The maximum atomic E-state index is 10.5. The van der Waals surface area contributed by atoms with Crippen LogP contribution in [0.3, 0.4) is 0 Å². The van der Waals surface area contributed by atoms with Crippen LogP contribution < -0.4 is 10.6 Å². The van der Waals surface area contributed by atoms with Crippen molar-refractivity contribution in [3.05, 3.63) is 94.5 Å². The van der Waals surface area contributed by atoms with Gasteiger partial charge in [0, 0.05) is 22.9 Å². The monoisotopic (exact) mass is 403 g/mol. The molecule has 2 aromatic carbocycles. The summed E-state index contributed by atoms with van der Waals surface area (Å²) in [6.45, 7) is 9.16. The molecular formula is C21H23Cl2N3O. The van der Waals surface area contributed by atoms with Crippen molar-refractivity contribution in [2.45, 2.75) is 6.92 Å². The Hall–Kier alpha value is -2.40. The van der Waals surface area contributed by atoms with Gasteiger partial charge in [-0.2, -0.15) is 0 Å². The molecule has 1 aliphatic heterocycles. The topological polar surface area (TPSA) is 48.2 Å². The molecule has 6 heteroatoms. The molecule has 1 aliphatic rings. The number of hydrogen-bond acceptors (Lipinski definition) is 3. The second-order valence-corrected chi connectivity index (χ2v) is 6.17. The minimum atomic E-state index is 0. The van der Waals surface area contributed by atoms with E-state index in [9.17, 15) is 5.21 Å². The number of fused-ring (bicyclic) bond motifs is 1. The van der Waals surface area contributed by atoms with Crippen molar-refractivity contribution in [1.29, 1.82) is 0 Å². The number of benzene rings is 2. The van der Waals surface area contributed by atoms with Crippen LogP contribution in [0, 0.1) is 0 Å². The van der Waals surface area contributed by atoms with Crippen molar-refractivity contribution in [1.82, 2.24) is 5.06 Å². The fourth-order valence-corrected chi connectivity index (χ4v) is 2.52. The Morgan fingerprint density at radius 2 is 1.89 bits per heavy atom. The molecule has 0 fully saturated rings. The number of hydrogen-bond donors (Lipinski definition) is 1. The van der Waals surface area contributed by atoms with Gasteiger partial charge in [0.15, 0.2) is 0 Å². The third-order valence-electron chi connectivity index (χ3n) is 3.67. The van der Waals surface area contributed by atoms with E-state index in [1.54, 1.807) is 19.2 Å². The molecule has 3 rings (SSSR count). The number of nitrogens with zero attached hydrogens (tertiary/aromatic N) is 3. The Labute approximate surface area is 170 Å². The first-order valence-corrected chi connectivity index (χ1v) is 8.48. The quantitative estimate of drug-likeness (QED) is 0.769. The molecule has 1 heterocycles. The zero-order valence-electron chi connectivity index (χ0n) is 15.4. The van der Waals surface area contributed by atoms with E-state index >= 15 is 0 Å². The number of aliphatic imine (C=N–C) groups is 1. The van der Waals surface area contributed by atoms with E-state index in [0.29, 0.717) is 16.6 Å². The largest absolute Gasteiger partial charge is 0.288 e. The highest BCUT2D eigenvalue weighted by Crippen LogP contribution is 2.15. The second kappa shape index (κ2) is 10.7. The van der Waals surface area contributed by atoms with Crippen LogP contribution in [0.15, 0.2) is 83.3 Å². The summed E-state index contributed by atoms with van der Waals surface area (Å²) in [7, 11) is 1.66. The number of halogens is 2. The molecule has 4 nitrogen and oxygen atoms in total. The molecule has 2 aromatic rings. The van der Waals surface area contributed by atoms with Gasteiger partial charge in [-0.05, 0) is 25.1 Å². The van der Waals surface area contributed by atoms with Crippen LogP contribution in [0.1, 0.15) is 12.5 Å². The highest BCUT2D eigenvalue weighted by molar-refractivity contribution is 6.30. The molecule has 0 radical (unpaired) electrons. The fourth-order valence-electron chi connectivity index (χ4n) is 2.34. The molecule has 0 saturated carbocycles. The van der Waals surface area contributed by atoms with Crippen LogP contribution in [-0.2, 0) is 0 Å². The number of rotatable bonds is 2. The van der Waals surface area contributed by atoms with Crippen LogP contribution in [0.5, 0.6) is 0 Å². The number of hydroxylamine groups is 2. The number of amidine groups is 1. The van der Waals surface area contributed by atoms with Gasteiger partial charge in [0.1, 0.15) is 12.4 Å². The zero-order valence-corrected chi connectivity index (χ0v) is 17.0. The third-order valence-corrected chi connectivity index (χ3v) is 3.90. The van der Waals surface area contributed by atoms with Gasteiger partial charge in [-0.1, -0.05) is 66.7 Å². The Kier molecular flexibility index (Phi) is 8.95. The summed E-state index contributed by atoms with van der Waals surface area (Å²) < 4.78 is 0. The molecule has 0 spiro atoms. The molecule has 1 N–H and O–H groups in total. The van der Waals surface area contributed by atoms with Crippen LogP contribution in [-0.4, -0.2) is 29.7 Å². The minimum absolute atomic E-state index is 0. The van der Waals surface area contributed by atoms with E-state index in [0.717, 1.165) is 21.7 Å². The molecule has 0 atom stereocenters. The van der Waals surface area contributed by atoms with Crippen LogP contribution >= 0.6 is 24.0 Å². The van der Waals surface area contributed by atoms with Gasteiger partial charge in [-0.15, -0.1) is 12.4 Å². The Balaban J connectivity index is 0.000000542. The Morgan fingerprint density at radius 1 is 1.26 bits per heavy atom. The van der Waals surface area contributed by atoms with Crippen LogP contribution in [0.4, 0.5) is 0 Å². The summed E-state index contributed by atoms with van der Waals surface area (Å²) in [6.07, 6.45) is 1.72. The van der Waals surface area contributed by atoms with Gasteiger partial charge in [-0.3, -0.25) is 10.2 Å². The summed E-state index contributed by atoms with van der Waals surface area (Å²) in [4.78, 5) is 8.60. The SMILES string of the molecule is C=CC(=C)C.CN=C1CN(O)C(c2ccccc2)=c2cc(Cl)ccc2=N1.Cl. The zero-order chi connectivity index (χ0) is 19.1. The van der Waals surface area contributed by atoms with Crippen LogP contribution in [0.2, 0.25) is 5.02 Å². The van der Waals surface area contributed by atoms with Gasteiger partial charge >= 0.3 is 0 Å². The minimum Gasteiger partial charge on any atom is -0.288 e. The lowest BCUT2D eigenvalue weighted by molar-refractivity contribution is -0.0119. The smallest absolute Gasteiger partial charge is 0.145 e. The molecule has 0 amide bonds.